The van der Waals surface area contributed by atoms with E-state index in [4.69, 9.17) is 9.47 Å². The summed E-state index contributed by atoms with van der Waals surface area (Å²) in [6.45, 7) is 8.19. The van der Waals surface area contributed by atoms with Gasteiger partial charge in [0.25, 0.3) is 0 Å². The molecule has 0 aliphatic heterocycles. The van der Waals surface area contributed by atoms with Gasteiger partial charge in [0.05, 0.1) is 25.8 Å². The van der Waals surface area contributed by atoms with Crippen LogP contribution in [0.25, 0.3) is 0 Å². The number of hydrogen-bond acceptors (Lipinski definition) is 6. The fraction of sp³-hybridized carbons (Fsp3) is 0.689. The van der Waals surface area contributed by atoms with E-state index in [-0.39, 0.29) is 17.5 Å². The van der Waals surface area contributed by atoms with Crippen molar-refractivity contribution in [3.05, 3.63) is 47.5 Å². The third-order valence-electron chi connectivity index (χ3n) is 9.64. The summed E-state index contributed by atoms with van der Waals surface area (Å²) in [6, 6.07) is 11.0. The van der Waals surface area contributed by atoms with Gasteiger partial charge in [0.1, 0.15) is 0 Å². The number of aromatic hydroxyl groups is 2. The minimum atomic E-state index is -0.0985. The molecule has 0 aliphatic rings. The molecule has 0 radical (unpaired) electrons. The number of ether oxygens (including phenoxy) is 2. The second kappa shape index (κ2) is 30.6. The van der Waals surface area contributed by atoms with Crippen molar-refractivity contribution < 1.29 is 19.7 Å². The molecule has 0 saturated carbocycles. The molecule has 2 rings (SSSR count). The van der Waals surface area contributed by atoms with Crippen molar-refractivity contribution in [1.82, 2.24) is 0 Å². The topological polar surface area (TPSA) is 83.6 Å². The lowest BCUT2D eigenvalue weighted by Crippen LogP contribution is -2.04. The Hall–Kier alpha value is -3.02. The van der Waals surface area contributed by atoms with Crippen LogP contribution < -0.4 is 9.47 Å². The number of para-hydroxylation sites is 2. The first kappa shape index (κ1) is 44.1. The second-order valence-electron chi connectivity index (χ2n) is 14.5. The molecule has 2 N–H and O–H groups in total. The summed E-state index contributed by atoms with van der Waals surface area (Å²) in [5, 5.41) is 21.5. The Morgan fingerprint density at radius 3 is 1.25 bits per heavy atom. The Kier molecular flexibility index (Phi) is 26.5. The molecule has 0 bridgehead atoms. The molecule has 0 spiro atoms. The minimum absolute atomic E-state index is 0.0985. The Bertz CT molecular complexity index is 1180. The zero-order valence-corrected chi connectivity index (χ0v) is 32.9. The summed E-state index contributed by atoms with van der Waals surface area (Å²) in [5.74, 6) is 1.26. The van der Waals surface area contributed by atoms with Gasteiger partial charge in [0.15, 0.2) is 23.0 Å². The van der Waals surface area contributed by atoms with Crippen molar-refractivity contribution in [3.8, 4) is 23.0 Å². The van der Waals surface area contributed by atoms with Crippen LogP contribution in [0.2, 0.25) is 0 Å². The molecule has 1 atom stereocenters. The first-order valence-corrected chi connectivity index (χ1v) is 21.0. The molecule has 2 aromatic rings. The van der Waals surface area contributed by atoms with E-state index in [0.29, 0.717) is 42.4 Å². The highest BCUT2D eigenvalue weighted by molar-refractivity contribution is 5.85. The first-order valence-electron chi connectivity index (χ1n) is 21.0. The molecule has 0 saturated heterocycles. The first-order chi connectivity index (χ1) is 25.1. The predicted molar refractivity (Wildman–Crippen MR) is 219 cm³/mol. The SMILES string of the molecule is CCCCCCCCCCCCCCOc1cccc(C=NCC(C)N=Cc2cccc(OCCCCCCCCCCCCCC)c2O)c1O. The molecule has 6 heteroatoms. The van der Waals surface area contributed by atoms with Crippen LogP contribution in [0, 0.1) is 0 Å². The minimum Gasteiger partial charge on any atom is -0.504 e. The van der Waals surface area contributed by atoms with Crippen LogP contribution in [-0.2, 0) is 0 Å². The predicted octanol–water partition coefficient (Wildman–Crippen LogP) is 13.2. The molecule has 0 aromatic heterocycles. The van der Waals surface area contributed by atoms with Crippen molar-refractivity contribution in [2.45, 2.75) is 181 Å². The zero-order chi connectivity index (χ0) is 36.6. The summed E-state index contributed by atoms with van der Waals surface area (Å²) >= 11 is 0. The van der Waals surface area contributed by atoms with E-state index in [1.165, 1.54) is 128 Å². The molecule has 0 fully saturated rings. The van der Waals surface area contributed by atoms with E-state index in [0.717, 1.165) is 25.7 Å². The van der Waals surface area contributed by atoms with E-state index in [9.17, 15) is 10.2 Å². The van der Waals surface area contributed by atoms with Crippen molar-refractivity contribution in [2.24, 2.45) is 9.98 Å². The van der Waals surface area contributed by atoms with Crippen LogP contribution in [-0.4, -0.2) is 48.4 Å². The number of phenolic OH excluding ortho intramolecular Hbond substituents is 2. The fourth-order valence-corrected chi connectivity index (χ4v) is 6.33. The highest BCUT2D eigenvalue weighted by Crippen LogP contribution is 2.30. The maximum atomic E-state index is 10.8. The number of nitrogens with zero attached hydrogens (tertiary/aromatic N) is 2. The normalized spacial score (nSPS) is 12.3. The van der Waals surface area contributed by atoms with Crippen LogP contribution >= 0.6 is 0 Å². The number of hydrogen-bond donors (Lipinski definition) is 2. The van der Waals surface area contributed by atoms with E-state index < -0.39 is 0 Å². The highest BCUT2D eigenvalue weighted by Gasteiger charge is 2.09. The molecule has 0 heterocycles. The van der Waals surface area contributed by atoms with Gasteiger partial charge in [-0.2, -0.15) is 0 Å². The number of phenols is 2. The average Bonchev–Trinajstić information content (AvgIpc) is 3.13. The molecule has 288 valence electrons. The molecule has 51 heavy (non-hydrogen) atoms. The highest BCUT2D eigenvalue weighted by atomic mass is 16.5. The van der Waals surface area contributed by atoms with Gasteiger partial charge < -0.3 is 19.7 Å². The number of rotatable bonds is 33. The standard InChI is InChI=1S/C45H74N2O4/c1-4-6-8-10-12-14-16-18-20-22-24-26-34-50-42-32-28-30-40(44(42)48)37-46-36-39(3)47-38-41-31-29-33-43(45(41)49)51-35-27-25-23-21-19-17-15-13-11-9-7-5-2/h28-33,37-39,48-49H,4-27,34-36H2,1-3H3. The van der Waals surface area contributed by atoms with Gasteiger partial charge in [-0.25, -0.2) is 0 Å². The monoisotopic (exact) mass is 707 g/mol. The largest absolute Gasteiger partial charge is 0.504 e. The molecule has 0 amide bonds. The number of unbranched alkanes of at least 4 members (excludes halogenated alkanes) is 22. The van der Waals surface area contributed by atoms with Crippen molar-refractivity contribution >= 4 is 12.4 Å². The molecule has 2 aromatic carbocycles. The molecule has 0 aliphatic carbocycles. The number of aliphatic imine (C=N–C) groups is 2. The van der Waals surface area contributed by atoms with Crippen molar-refractivity contribution in [3.63, 3.8) is 0 Å². The summed E-state index contributed by atoms with van der Waals surface area (Å²) in [7, 11) is 0. The zero-order valence-electron chi connectivity index (χ0n) is 32.9. The summed E-state index contributed by atoms with van der Waals surface area (Å²) < 4.78 is 11.8. The maximum Gasteiger partial charge on any atom is 0.166 e. The fourth-order valence-electron chi connectivity index (χ4n) is 6.33. The van der Waals surface area contributed by atoms with Crippen LogP contribution in [0.5, 0.6) is 23.0 Å². The van der Waals surface area contributed by atoms with E-state index in [1.54, 1.807) is 12.4 Å². The second-order valence-corrected chi connectivity index (χ2v) is 14.5. The van der Waals surface area contributed by atoms with Gasteiger partial charge in [0.2, 0.25) is 0 Å². The maximum absolute atomic E-state index is 10.8. The van der Waals surface area contributed by atoms with Crippen LogP contribution in [0.15, 0.2) is 46.4 Å². The molecule has 6 nitrogen and oxygen atoms in total. The van der Waals surface area contributed by atoms with Gasteiger partial charge in [-0.15, -0.1) is 0 Å². The van der Waals surface area contributed by atoms with Crippen LogP contribution in [0.3, 0.4) is 0 Å². The van der Waals surface area contributed by atoms with Crippen LogP contribution in [0.1, 0.15) is 186 Å². The van der Waals surface area contributed by atoms with Crippen LogP contribution in [0.4, 0.5) is 0 Å². The van der Waals surface area contributed by atoms with Gasteiger partial charge in [0, 0.05) is 23.6 Å². The van der Waals surface area contributed by atoms with Gasteiger partial charge in [-0.05, 0) is 44.0 Å². The Balaban J connectivity index is 1.61. The Labute approximate surface area is 312 Å². The third kappa shape index (κ3) is 21.8. The van der Waals surface area contributed by atoms with Crippen molar-refractivity contribution in [1.29, 1.82) is 0 Å². The van der Waals surface area contributed by atoms with Gasteiger partial charge >= 0.3 is 0 Å². The molecular formula is C45H74N2O4. The lowest BCUT2D eigenvalue weighted by atomic mass is 10.1. The van der Waals surface area contributed by atoms with E-state index in [2.05, 4.69) is 23.8 Å². The quantitative estimate of drug-likeness (QED) is 0.0571. The molecule has 1 unspecified atom stereocenters. The van der Waals surface area contributed by atoms with Crippen molar-refractivity contribution in [2.75, 3.05) is 19.8 Å². The average molecular weight is 707 g/mol. The van der Waals surface area contributed by atoms with Gasteiger partial charge in [-0.1, -0.05) is 167 Å². The summed E-state index contributed by atoms with van der Waals surface area (Å²) in [6.07, 6.45) is 34.7. The smallest absolute Gasteiger partial charge is 0.166 e. The summed E-state index contributed by atoms with van der Waals surface area (Å²) in [4.78, 5) is 9.12. The van der Waals surface area contributed by atoms with E-state index in [1.807, 2.05) is 43.3 Å². The Morgan fingerprint density at radius 2 is 0.863 bits per heavy atom. The summed E-state index contributed by atoms with van der Waals surface area (Å²) in [5.41, 5.74) is 1.27. The van der Waals surface area contributed by atoms with Gasteiger partial charge in [-0.3, -0.25) is 9.98 Å². The Morgan fingerprint density at radius 1 is 0.510 bits per heavy atom. The lowest BCUT2D eigenvalue weighted by Gasteiger charge is -2.10. The third-order valence-corrected chi connectivity index (χ3v) is 9.64. The number of benzene rings is 2. The lowest BCUT2D eigenvalue weighted by molar-refractivity contribution is 0.288. The van der Waals surface area contributed by atoms with E-state index >= 15 is 0 Å². The molecular weight excluding hydrogens is 633 g/mol.